The number of aromatic nitrogens is 3. The number of amides is 1. The number of aryl methyl sites for hydroxylation is 2. The van der Waals surface area contributed by atoms with Gasteiger partial charge in [-0.3, -0.25) is 14.2 Å². The number of carbonyl (C=O) groups excluding carboxylic acids is 1. The third kappa shape index (κ3) is 5.21. The molecular formula is C30H28N4O3S. The highest BCUT2D eigenvalue weighted by atomic mass is 32.2. The summed E-state index contributed by atoms with van der Waals surface area (Å²) in [5.41, 5.74) is 6.31. The first-order chi connectivity index (χ1) is 18.4. The number of hydrogen-bond donors (Lipinski definition) is 2. The zero-order valence-electron chi connectivity index (χ0n) is 21.4. The van der Waals surface area contributed by atoms with Crippen LogP contribution in [0.2, 0.25) is 0 Å². The summed E-state index contributed by atoms with van der Waals surface area (Å²) in [5.74, 6) is 0.652. The number of nitrogens with one attached hydrogen (secondary N) is 2. The number of fused-ring (bicyclic) bond motifs is 1. The van der Waals surface area contributed by atoms with E-state index >= 15 is 0 Å². The number of benzene rings is 3. The second kappa shape index (κ2) is 11.0. The molecule has 2 heterocycles. The number of para-hydroxylation sites is 1. The molecule has 0 radical (unpaired) electrons. The number of nitrogens with zero attached hydrogens (tertiary/aromatic N) is 2. The van der Waals surface area contributed by atoms with E-state index in [-0.39, 0.29) is 17.2 Å². The third-order valence-corrected chi connectivity index (χ3v) is 7.36. The minimum Gasteiger partial charge on any atom is -0.497 e. The van der Waals surface area contributed by atoms with Gasteiger partial charge in [-0.15, -0.1) is 0 Å². The molecule has 192 valence electrons. The zero-order valence-corrected chi connectivity index (χ0v) is 22.3. The first-order valence-corrected chi connectivity index (χ1v) is 13.2. The summed E-state index contributed by atoms with van der Waals surface area (Å²) < 4.78 is 6.97. The van der Waals surface area contributed by atoms with Crippen LogP contribution in [0.15, 0.2) is 88.9 Å². The Balaban J connectivity index is 1.52. The van der Waals surface area contributed by atoms with Gasteiger partial charge in [0.15, 0.2) is 5.16 Å². The maximum atomic E-state index is 13.7. The van der Waals surface area contributed by atoms with Crippen molar-refractivity contribution >= 4 is 34.4 Å². The van der Waals surface area contributed by atoms with E-state index in [0.29, 0.717) is 28.5 Å². The monoisotopic (exact) mass is 524 g/mol. The lowest BCUT2D eigenvalue weighted by Gasteiger charge is -2.14. The van der Waals surface area contributed by atoms with Crippen LogP contribution in [-0.2, 0) is 11.3 Å². The van der Waals surface area contributed by atoms with Crippen LogP contribution in [0.1, 0.15) is 16.7 Å². The van der Waals surface area contributed by atoms with Gasteiger partial charge in [0.05, 0.1) is 19.4 Å². The van der Waals surface area contributed by atoms with Crippen LogP contribution in [0, 0.1) is 13.8 Å². The highest BCUT2D eigenvalue weighted by Crippen LogP contribution is 2.28. The number of ether oxygens (including phenoxy) is 1. The van der Waals surface area contributed by atoms with E-state index in [1.165, 1.54) is 11.8 Å². The molecule has 3 aromatic carbocycles. The number of carbonyl (C=O) groups is 1. The van der Waals surface area contributed by atoms with E-state index in [0.717, 1.165) is 33.5 Å². The van der Waals surface area contributed by atoms with Gasteiger partial charge in [-0.2, -0.15) is 0 Å². The third-order valence-electron chi connectivity index (χ3n) is 6.39. The number of methoxy groups -OCH3 is 1. The molecule has 0 fully saturated rings. The number of hydrogen-bond acceptors (Lipinski definition) is 5. The molecule has 2 N–H and O–H groups in total. The van der Waals surface area contributed by atoms with E-state index in [9.17, 15) is 9.59 Å². The van der Waals surface area contributed by atoms with E-state index in [1.807, 2.05) is 92.8 Å². The predicted molar refractivity (Wildman–Crippen MR) is 153 cm³/mol. The minimum absolute atomic E-state index is 0.106. The molecule has 38 heavy (non-hydrogen) atoms. The first-order valence-electron chi connectivity index (χ1n) is 12.2. The Hall–Kier alpha value is -4.30. The molecule has 2 aromatic heterocycles. The second-order valence-corrected chi connectivity index (χ2v) is 9.98. The van der Waals surface area contributed by atoms with Gasteiger partial charge in [0.1, 0.15) is 16.8 Å². The number of rotatable bonds is 8. The van der Waals surface area contributed by atoms with Crippen molar-refractivity contribution in [2.45, 2.75) is 25.5 Å². The Bertz CT molecular complexity index is 1650. The first kappa shape index (κ1) is 25.4. The van der Waals surface area contributed by atoms with Crippen molar-refractivity contribution < 1.29 is 9.53 Å². The minimum atomic E-state index is -0.197. The molecule has 0 spiro atoms. The van der Waals surface area contributed by atoms with Gasteiger partial charge in [-0.1, -0.05) is 72.4 Å². The van der Waals surface area contributed by atoms with Gasteiger partial charge < -0.3 is 15.0 Å². The summed E-state index contributed by atoms with van der Waals surface area (Å²) in [7, 11) is 1.61. The van der Waals surface area contributed by atoms with Crippen LogP contribution in [0.25, 0.3) is 22.2 Å². The lowest BCUT2D eigenvalue weighted by atomic mass is 10.1. The number of anilines is 1. The quantitative estimate of drug-likeness (QED) is 0.198. The Kier molecular flexibility index (Phi) is 7.33. The average molecular weight is 525 g/mol. The summed E-state index contributed by atoms with van der Waals surface area (Å²) in [4.78, 5) is 34.7. The molecule has 5 aromatic rings. The van der Waals surface area contributed by atoms with Crippen LogP contribution < -0.4 is 15.6 Å². The Morgan fingerprint density at radius 2 is 1.76 bits per heavy atom. The summed E-state index contributed by atoms with van der Waals surface area (Å²) in [6.45, 7) is 4.22. The molecular weight excluding hydrogens is 496 g/mol. The standard InChI is InChI=1S/C30H28N4O3S/c1-19-9-7-10-20(2)26(19)32-25(35)18-38-30-33-27-24(22-12-5-4-6-13-22)16-31-28(27)29(36)34(30)17-21-11-8-14-23(15-21)37-3/h4-16,31H,17-18H2,1-3H3,(H,32,35). The van der Waals surface area contributed by atoms with Crippen molar-refractivity contribution in [1.29, 1.82) is 0 Å². The molecule has 0 bridgehead atoms. The normalized spacial score (nSPS) is 11.0. The molecule has 0 aliphatic rings. The lowest BCUT2D eigenvalue weighted by Crippen LogP contribution is -2.25. The highest BCUT2D eigenvalue weighted by Gasteiger charge is 2.18. The maximum Gasteiger partial charge on any atom is 0.278 e. The van der Waals surface area contributed by atoms with E-state index in [1.54, 1.807) is 11.7 Å². The van der Waals surface area contributed by atoms with Crippen LogP contribution in [0.4, 0.5) is 5.69 Å². The molecule has 5 rings (SSSR count). The fraction of sp³-hybridized carbons (Fsp3) is 0.167. The molecule has 0 unspecified atom stereocenters. The van der Waals surface area contributed by atoms with Gasteiger partial charge in [0.25, 0.3) is 5.56 Å². The molecule has 0 aliphatic heterocycles. The Morgan fingerprint density at radius 3 is 2.50 bits per heavy atom. The zero-order chi connectivity index (χ0) is 26.6. The summed E-state index contributed by atoms with van der Waals surface area (Å²) >= 11 is 1.25. The fourth-order valence-electron chi connectivity index (χ4n) is 4.43. The van der Waals surface area contributed by atoms with Crippen LogP contribution >= 0.6 is 11.8 Å². The van der Waals surface area contributed by atoms with Crippen molar-refractivity contribution in [3.63, 3.8) is 0 Å². The predicted octanol–water partition coefficient (Wildman–Crippen LogP) is 5.80. The maximum absolute atomic E-state index is 13.7. The molecule has 7 nitrogen and oxygen atoms in total. The van der Waals surface area contributed by atoms with Gasteiger partial charge in [0, 0.05) is 17.4 Å². The Labute approximate surface area is 224 Å². The summed E-state index contributed by atoms with van der Waals surface area (Å²) in [5, 5.41) is 3.49. The molecule has 0 aliphatic carbocycles. The van der Waals surface area contributed by atoms with E-state index < -0.39 is 0 Å². The van der Waals surface area contributed by atoms with E-state index in [4.69, 9.17) is 9.72 Å². The average Bonchev–Trinajstić information content (AvgIpc) is 3.36. The number of aromatic amines is 1. The second-order valence-electron chi connectivity index (χ2n) is 9.03. The topological polar surface area (TPSA) is 89.0 Å². The smallest absolute Gasteiger partial charge is 0.278 e. The molecule has 0 saturated heterocycles. The van der Waals surface area contributed by atoms with Gasteiger partial charge in [-0.05, 0) is 48.2 Å². The summed E-state index contributed by atoms with van der Waals surface area (Å²) in [6.07, 6.45) is 1.81. The van der Waals surface area contributed by atoms with Crippen LogP contribution in [0.5, 0.6) is 5.75 Å². The van der Waals surface area contributed by atoms with Crippen molar-refractivity contribution in [3.8, 4) is 16.9 Å². The van der Waals surface area contributed by atoms with Crippen molar-refractivity contribution in [3.05, 3.63) is 106 Å². The number of thioether (sulfide) groups is 1. The van der Waals surface area contributed by atoms with Gasteiger partial charge in [-0.25, -0.2) is 4.98 Å². The summed E-state index contributed by atoms with van der Waals surface area (Å²) in [6, 6.07) is 23.3. The SMILES string of the molecule is COc1cccc(Cn2c(SCC(=O)Nc3c(C)cccc3C)nc3c(-c4ccccc4)c[nH]c3c2=O)c1. The fourth-order valence-corrected chi connectivity index (χ4v) is 5.22. The van der Waals surface area contributed by atoms with Crippen LogP contribution in [0.3, 0.4) is 0 Å². The molecule has 1 amide bonds. The largest absolute Gasteiger partial charge is 0.497 e. The van der Waals surface area contributed by atoms with Crippen molar-refractivity contribution in [2.24, 2.45) is 0 Å². The van der Waals surface area contributed by atoms with Crippen molar-refractivity contribution in [2.75, 3.05) is 18.2 Å². The lowest BCUT2D eigenvalue weighted by molar-refractivity contribution is -0.113. The molecule has 0 saturated carbocycles. The van der Waals surface area contributed by atoms with Gasteiger partial charge in [0.2, 0.25) is 5.91 Å². The van der Waals surface area contributed by atoms with Gasteiger partial charge >= 0.3 is 0 Å². The number of H-pyrrole nitrogens is 1. The highest BCUT2D eigenvalue weighted by molar-refractivity contribution is 7.99. The Morgan fingerprint density at radius 1 is 1.03 bits per heavy atom. The molecule has 8 heteroatoms. The molecule has 0 atom stereocenters. The van der Waals surface area contributed by atoms with Crippen molar-refractivity contribution in [1.82, 2.24) is 14.5 Å². The van der Waals surface area contributed by atoms with E-state index in [2.05, 4.69) is 10.3 Å². The van der Waals surface area contributed by atoms with Crippen LogP contribution in [-0.4, -0.2) is 33.3 Å².